The molecule has 0 radical (unpaired) electrons. The quantitative estimate of drug-likeness (QED) is 0.112. The predicted molar refractivity (Wildman–Crippen MR) is 231 cm³/mol. The molecule has 62 heavy (non-hydrogen) atoms. The van der Waals surface area contributed by atoms with Gasteiger partial charge in [0.05, 0.1) is 37.3 Å². The smallest absolute Gasteiger partial charge is 0.407 e. The number of carbonyl (C=O) groups is 4. The molecule has 0 unspecified atom stereocenters. The number of aromatic nitrogens is 4. The monoisotopic (exact) mass is 862 g/mol. The van der Waals surface area contributed by atoms with Gasteiger partial charge in [-0.15, -0.1) is 0 Å². The number of benzene rings is 3. The van der Waals surface area contributed by atoms with Crippen LogP contribution >= 0.6 is 11.6 Å². The molecular formula is C46H51ClN8O7. The van der Waals surface area contributed by atoms with Crippen LogP contribution in [-0.2, 0) is 23.8 Å². The Hall–Kier alpha value is -5.67. The molecule has 5 heterocycles. The summed E-state index contributed by atoms with van der Waals surface area (Å²) in [6, 6.07) is 17.0. The minimum atomic E-state index is -0.713. The lowest BCUT2D eigenvalue weighted by Crippen LogP contribution is -2.54. The predicted octanol–water partition coefficient (Wildman–Crippen LogP) is 7.28. The number of amides is 4. The number of nitrogens with zero attached hydrogens (tertiary/aromatic N) is 4. The Morgan fingerprint density at radius 1 is 0.742 bits per heavy atom. The highest BCUT2D eigenvalue weighted by atomic mass is 35.5. The van der Waals surface area contributed by atoms with Crippen LogP contribution < -0.4 is 10.6 Å². The molecule has 3 aromatic carbocycles. The third-order valence-electron chi connectivity index (χ3n) is 13.8. The summed E-state index contributed by atoms with van der Waals surface area (Å²) < 4.78 is 15.3. The highest BCUT2D eigenvalue weighted by Gasteiger charge is 2.58. The van der Waals surface area contributed by atoms with Crippen LogP contribution in [0.3, 0.4) is 0 Å². The third kappa shape index (κ3) is 7.32. The van der Waals surface area contributed by atoms with Crippen LogP contribution in [0.25, 0.3) is 44.2 Å². The number of hydrogen-bond donors (Lipinski definition) is 4. The summed E-state index contributed by atoms with van der Waals surface area (Å²) in [5, 5.41) is 8.07. The van der Waals surface area contributed by atoms with Crippen molar-refractivity contribution in [3.05, 3.63) is 71.4 Å². The molecule has 2 saturated carbocycles. The maximum absolute atomic E-state index is 14.3. The SMILES string of the molecule is COC(=O)N[C@H](C(=O)N1[C@@H]2C[C@@H]2C[C@H]1c1nc2ccc(-c3ccc4cc(-c5nc([C@@H]6C[C@H]7C[C@H]7N6C(=O)[C@@H](NC(=O)OC)C6CCOCC6)[nH]c5Cl)ccc4c3)cc2[nH]1)C(C)C. The van der Waals surface area contributed by atoms with E-state index in [0.29, 0.717) is 54.6 Å². The van der Waals surface area contributed by atoms with Gasteiger partial charge >= 0.3 is 12.2 Å². The van der Waals surface area contributed by atoms with Crippen LogP contribution in [0.2, 0.25) is 5.15 Å². The number of hydrogen-bond acceptors (Lipinski definition) is 9. The molecule has 324 valence electrons. The lowest BCUT2D eigenvalue weighted by Gasteiger charge is -2.35. The Balaban J connectivity index is 0.872. The van der Waals surface area contributed by atoms with Crippen molar-refractivity contribution in [2.45, 2.75) is 88.6 Å². The Bertz CT molecular complexity index is 2590. The van der Waals surface area contributed by atoms with Crippen molar-refractivity contribution in [3.8, 4) is 22.4 Å². The van der Waals surface area contributed by atoms with Crippen molar-refractivity contribution in [3.63, 3.8) is 0 Å². The number of halogens is 1. The molecule has 0 spiro atoms. The first-order valence-corrected chi connectivity index (χ1v) is 22.1. The van der Waals surface area contributed by atoms with Crippen molar-refractivity contribution < 1.29 is 33.4 Å². The fourth-order valence-electron chi connectivity index (χ4n) is 10.3. The molecule has 4 N–H and O–H groups in total. The van der Waals surface area contributed by atoms with E-state index in [1.54, 1.807) is 0 Å². The standard InChI is InChI=1S/C46H51ClN8O7/c1-22(2)37(51-45(58)60-3)43(56)54-33-18-29(33)20-35(54)41-48-31-10-9-27(17-32(31)49-41)25-5-6-26-16-28(8-7-24(26)15-25)38-40(47)53-42(50-38)36-21-30-19-34(30)55(36)44(57)39(52-46(59)61-4)23-11-13-62-14-12-23/h5-10,15-17,22-23,29-30,33-37,39H,11-14,18-21H2,1-4H3,(H,48,49)(H,50,53)(H,51,58)(H,52,59)/t29-,30-,33-,34-,35+,36+,37+,39+/m1/s1. The normalized spacial score (nSPS) is 25.1. The second-order valence-corrected chi connectivity index (χ2v) is 18.3. The highest BCUT2D eigenvalue weighted by Crippen LogP contribution is 2.55. The number of H-pyrrole nitrogens is 2. The van der Waals surface area contributed by atoms with E-state index >= 15 is 0 Å². The van der Waals surface area contributed by atoms with Gasteiger partial charge < -0.3 is 44.6 Å². The second-order valence-electron chi connectivity index (χ2n) is 18.0. The number of aromatic amines is 2. The fourth-order valence-corrected chi connectivity index (χ4v) is 10.6. The lowest BCUT2D eigenvalue weighted by atomic mass is 9.90. The molecule has 16 heteroatoms. The van der Waals surface area contributed by atoms with Crippen LogP contribution in [0.1, 0.15) is 76.1 Å². The fraction of sp³-hybridized carbons (Fsp3) is 0.478. The van der Waals surface area contributed by atoms with Crippen molar-refractivity contribution in [2.75, 3.05) is 27.4 Å². The zero-order chi connectivity index (χ0) is 43.0. The second kappa shape index (κ2) is 15.9. The Morgan fingerprint density at radius 3 is 1.98 bits per heavy atom. The minimum absolute atomic E-state index is 0.0521. The third-order valence-corrected chi connectivity index (χ3v) is 14.1. The zero-order valence-corrected chi connectivity index (χ0v) is 35.9. The van der Waals surface area contributed by atoms with Gasteiger partial charge in [0.2, 0.25) is 11.8 Å². The van der Waals surface area contributed by atoms with E-state index < -0.39 is 24.3 Å². The summed E-state index contributed by atoms with van der Waals surface area (Å²) in [6.45, 7) is 4.93. The number of ether oxygens (including phenoxy) is 3. The van der Waals surface area contributed by atoms with Gasteiger partial charge in [0.25, 0.3) is 0 Å². The van der Waals surface area contributed by atoms with E-state index in [-0.39, 0.29) is 47.8 Å². The summed E-state index contributed by atoms with van der Waals surface area (Å²) in [5.41, 5.74) is 5.25. The molecule has 5 aromatic rings. The van der Waals surface area contributed by atoms with E-state index in [1.165, 1.54) is 14.2 Å². The molecule has 15 nitrogen and oxygen atoms in total. The Morgan fingerprint density at radius 2 is 1.32 bits per heavy atom. The van der Waals surface area contributed by atoms with Crippen LogP contribution in [0.4, 0.5) is 9.59 Å². The summed E-state index contributed by atoms with van der Waals surface area (Å²) in [4.78, 5) is 73.4. The van der Waals surface area contributed by atoms with E-state index in [9.17, 15) is 19.2 Å². The summed E-state index contributed by atoms with van der Waals surface area (Å²) in [5.74, 6) is 1.82. The van der Waals surface area contributed by atoms with Gasteiger partial charge in [0.1, 0.15) is 34.6 Å². The molecule has 5 fully saturated rings. The molecule has 3 aliphatic heterocycles. The molecule has 8 atom stereocenters. The lowest BCUT2D eigenvalue weighted by molar-refractivity contribution is -0.138. The van der Waals surface area contributed by atoms with E-state index in [0.717, 1.165) is 70.0 Å². The highest BCUT2D eigenvalue weighted by molar-refractivity contribution is 6.32. The number of methoxy groups -OCH3 is 2. The van der Waals surface area contributed by atoms with Gasteiger partial charge in [-0.3, -0.25) is 9.59 Å². The van der Waals surface area contributed by atoms with Crippen LogP contribution in [-0.4, -0.2) is 105 Å². The van der Waals surface area contributed by atoms with E-state index in [1.807, 2.05) is 35.8 Å². The van der Waals surface area contributed by atoms with E-state index in [4.69, 9.17) is 35.8 Å². The number of alkyl carbamates (subject to hydrolysis) is 2. The molecule has 2 aliphatic carbocycles. The van der Waals surface area contributed by atoms with Gasteiger partial charge in [-0.25, -0.2) is 19.6 Å². The van der Waals surface area contributed by atoms with Crippen molar-refractivity contribution >= 4 is 57.4 Å². The van der Waals surface area contributed by atoms with Gasteiger partial charge in [-0.2, -0.15) is 0 Å². The Kier molecular flexibility index (Phi) is 10.4. The molecular weight excluding hydrogens is 812 g/mol. The first kappa shape index (κ1) is 40.4. The number of nitrogens with one attached hydrogen (secondary N) is 4. The zero-order valence-electron chi connectivity index (χ0n) is 35.2. The van der Waals surface area contributed by atoms with Crippen LogP contribution in [0.15, 0.2) is 54.6 Å². The maximum atomic E-state index is 14.3. The van der Waals surface area contributed by atoms with Gasteiger partial charge in [-0.1, -0.05) is 55.8 Å². The summed E-state index contributed by atoms with van der Waals surface area (Å²) in [6.07, 6.45) is 3.63. The van der Waals surface area contributed by atoms with Crippen LogP contribution in [0.5, 0.6) is 0 Å². The first-order valence-electron chi connectivity index (χ1n) is 21.7. The summed E-state index contributed by atoms with van der Waals surface area (Å²) in [7, 11) is 2.61. The van der Waals surface area contributed by atoms with Crippen molar-refractivity contribution in [1.82, 2.24) is 40.4 Å². The average molecular weight is 863 g/mol. The molecule has 3 saturated heterocycles. The number of carbonyl (C=O) groups excluding carboxylic acids is 4. The molecule has 2 aromatic heterocycles. The minimum Gasteiger partial charge on any atom is -0.453 e. The first-order chi connectivity index (χ1) is 30.0. The Labute approximate surface area is 363 Å². The number of imidazole rings is 2. The van der Waals surface area contributed by atoms with Gasteiger partial charge in [-0.05, 0) is 108 Å². The number of piperidine rings is 2. The van der Waals surface area contributed by atoms with Crippen LogP contribution in [0, 0.1) is 23.7 Å². The number of fused-ring (bicyclic) bond motifs is 4. The summed E-state index contributed by atoms with van der Waals surface area (Å²) >= 11 is 6.88. The van der Waals surface area contributed by atoms with Gasteiger partial charge in [0, 0.05) is 30.9 Å². The number of rotatable bonds is 10. The molecule has 0 bridgehead atoms. The molecule has 5 aliphatic rings. The topological polar surface area (TPSA) is 184 Å². The van der Waals surface area contributed by atoms with Gasteiger partial charge in [0.15, 0.2) is 0 Å². The van der Waals surface area contributed by atoms with Crippen molar-refractivity contribution in [1.29, 1.82) is 0 Å². The van der Waals surface area contributed by atoms with E-state index in [2.05, 4.69) is 63.1 Å². The van der Waals surface area contributed by atoms with Crippen molar-refractivity contribution in [2.24, 2.45) is 23.7 Å². The maximum Gasteiger partial charge on any atom is 0.407 e. The molecule has 4 amide bonds. The largest absolute Gasteiger partial charge is 0.453 e. The number of likely N-dealkylation sites (tertiary alicyclic amines) is 2. The molecule has 10 rings (SSSR count). The average Bonchev–Trinajstić information content (AvgIpc) is 3.97.